The first-order valence-corrected chi connectivity index (χ1v) is 11.4. The summed E-state index contributed by atoms with van der Waals surface area (Å²) in [6.45, 7) is 2.51. The van der Waals surface area contributed by atoms with Crippen LogP contribution in [0, 0.1) is 11.8 Å². The van der Waals surface area contributed by atoms with Crippen molar-refractivity contribution in [3.8, 4) is 5.75 Å². The quantitative estimate of drug-likeness (QED) is 0.613. The minimum atomic E-state index is 0. The molecule has 2 heterocycles. The highest BCUT2D eigenvalue weighted by Crippen LogP contribution is 2.56. The Labute approximate surface area is 183 Å². The highest BCUT2D eigenvalue weighted by Gasteiger charge is 2.55. The zero-order valence-corrected chi connectivity index (χ0v) is 18.0. The Morgan fingerprint density at radius 1 is 1.10 bits per heavy atom. The van der Waals surface area contributed by atoms with E-state index in [9.17, 15) is 5.11 Å². The Balaban J connectivity index is 0.00000175. The molecule has 156 valence electrons. The van der Waals surface area contributed by atoms with Gasteiger partial charge in [0.05, 0.1) is 0 Å². The third-order valence-electron chi connectivity index (χ3n) is 8.56. The third-order valence-corrected chi connectivity index (χ3v) is 8.56. The average molecular weight is 421 g/mol. The lowest BCUT2D eigenvalue weighted by molar-refractivity contribution is 0.00515. The smallest absolute Gasteiger partial charge is 0.115 e. The van der Waals surface area contributed by atoms with Crippen LogP contribution < -0.4 is 0 Å². The number of phenols is 1. The van der Waals surface area contributed by atoms with E-state index in [1.54, 1.807) is 5.56 Å². The van der Waals surface area contributed by atoms with E-state index < -0.39 is 0 Å². The summed E-state index contributed by atoms with van der Waals surface area (Å²) in [5.41, 5.74) is 7.37. The summed E-state index contributed by atoms with van der Waals surface area (Å²) in [5.74, 6) is 2.02. The van der Waals surface area contributed by atoms with Crippen LogP contribution in [0.5, 0.6) is 5.75 Å². The molecule has 4 heteroatoms. The maximum atomic E-state index is 10.3. The molecule has 2 bridgehead atoms. The van der Waals surface area contributed by atoms with Gasteiger partial charge >= 0.3 is 0 Å². The van der Waals surface area contributed by atoms with Crippen LogP contribution in [0.4, 0.5) is 0 Å². The molecule has 4 aliphatic rings. The predicted octanol–water partition coefficient (Wildman–Crippen LogP) is 4.99. The molecule has 0 amide bonds. The fraction of sp³-hybridized carbons (Fsp3) is 0.462. The van der Waals surface area contributed by atoms with E-state index >= 15 is 0 Å². The monoisotopic (exact) mass is 420 g/mol. The summed E-state index contributed by atoms with van der Waals surface area (Å²) < 4.78 is 0. The molecule has 3 aromatic rings. The van der Waals surface area contributed by atoms with E-state index in [-0.39, 0.29) is 17.8 Å². The van der Waals surface area contributed by atoms with Crippen molar-refractivity contribution in [3.05, 3.63) is 64.8 Å². The average Bonchev–Trinajstić information content (AvgIpc) is 3.48. The number of aromatic amines is 1. The number of piperidine rings is 1. The SMILES string of the molecule is Cl.Oc1ccc2c(c1)[C@@]13CCN(CC4CC4)[C@@H](C2)[C@@H]1Cc1c([nH]c2ccccc12)C3. The first-order valence-electron chi connectivity index (χ1n) is 11.4. The molecule has 2 N–H and O–H groups in total. The molecule has 2 aromatic carbocycles. The van der Waals surface area contributed by atoms with Gasteiger partial charge in [-0.25, -0.2) is 0 Å². The Hall–Kier alpha value is -1.97. The number of hydrogen-bond donors (Lipinski definition) is 2. The van der Waals surface area contributed by atoms with Crippen molar-refractivity contribution in [2.45, 2.75) is 50.0 Å². The Morgan fingerprint density at radius 2 is 1.97 bits per heavy atom. The van der Waals surface area contributed by atoms with Crippen LogP contribution in [-0.2, 0) is 24.7 Å². The van der Waals surface area contributed by atoms with Gasteiger partial charge in [0.25, 0.3) is 0 Å². The van der Waals surface area contributed by atoms with E-state index in [0.717, 1.165) is 18.8 Å². The van der Waals surface area contributed by atoms with Gasteiger partial charge in [0.1, 0.15) is 5.75 Å². The topological polar surface area (TPSA) is 39.3 Å². The second kappa shape index (κ2) is 6.51. The zero-order chi connectivity index (χ0) is 19.2. The standard InChI is InChI=1S/C26H28N2O.ClH/c29-18-8-7-17-11-25-22-13-20-19-3-1-2-4-23(19)27-24(20)14-26(22,21(17)12-18)9-10-28(25)15-16-5-6-16;/h1-4,7-8,12,16,22,25,27,29H,5-6,9-11,13-15H2;1H/t22-,25-,26-;/m0./s1. The van der Waals surface area contributed by atoms with Crippen molar-refractivity contribution in [1.29, 1.82) is 0 Å². The zero-order valence-electron chi connectivity index (χ0n) is 17.2. The maximum Gasteiger partial charge on any atom is 0.115 e. The highest BCUT2D eigenvalue weighted by atomic mass is 35.5. The van der Waals surface area contributed by atoms with Crippen LogP contribution >= 0.6 is 12.4 Å². The Morgan fingerprint density at radius 3 is 2.83 bits per heavy atom. The van der Waals surface area contributed by atoms with Gasteiger partial charge in [-0.15, -0.1) is 12.4 Å². The number of nitrogens with one attached hydrogen (secondary N) is 1. The van der Waals surface area contributed by atoms with Crippen LogP contribution in [0.15, 0.2) is 42.5 Å². The summed E-state index contributed by atoms with van der Waals surface area (Å²) in [5, 5.41) is 11.8. The summed E-state index contributed by atoms with van der Waals surface area (Å²) in [6.07, 6.45) is 7.47. The fourth-order valence-electron chi connectivity index (χ4n) is 7.03. The Bertz CT molecular complexity index is 1130. The number of fused-ring (bicyclic) bond motifs is 4. The minimum absolute atomic E-state index is 0. The van der Waals surface area contributed by atoms with Gasteiger partial charge < -0.3 is 10.1 Å². The van der Waals surface area contributed by atoms with E-state index in [4.69, 9.17) is 0 Å². The lowest BCUT2D eigenvalue weighted by Gasteiger charge is -2.59. The van der Waals surface area contributed by atoms with Crippen LogP contribution in [0.3, 0.4) is 0 Å². The number of nitrogens with zero attached hydrogens (tertiary/aromatic N) is 1. The Kier molecular flexibility index (Phi) is 4.08. The second-order valence-corrected chi connectivity index (χ2v) is 10.1. The van der Waals surface area contributed by atoms with Crippen molar-refractivity contribution in [3.63, 3.8) is 0 Å². The molecule has 7 rings (SSSR count). The molecule has 1 aliphatic heterocycles. The summed E-state index contributed by atoms with van der Waals surface area (Å²) in [7, 11) is 0. The molecule has 1 saturated carbocycles. The largest absolute Gasteiger partial charge is 0.508 e. The van der Waals surface area contributed by atoms with E-state index in [1.807, 2.05) is 6.07 Å². The van der Waals surface area contributed by atoms with Gasteiger partial charge in [-0.2, -0.15) is 0 Å². The highest BCUT2D eigenvalue weighted by molar-refractivity contribution is 5.85. The number of halogens is 1. The molecular formula is C26H29ClN2O. The van der Waals surface area contributed by atoms with Crippen molar-refractivity contribution in [2.75, 3.05) is 13.1 Å². The van der Waals surface area contributed by atoms with E-state index in [0.29, 0.717) is 17.7 Å². The van der Waals surface area contributed by atoms with Gasteiger partial charge in [0.2, 0.25) is 0 Å². The number of para-hydroxylation sites is 1. The number of rotatable bonds is 2. The molecule has 0 unspecified atom stereocenters. The molecule has 30 heavy (non-hydrogen) atoms. The number of likely N-dealkylation sites (tertiary alicyclic amines) is 1. The van der Waals surface area contributed by atoms with Gasteiger partial charge in [0.15, 0.2) is 0 Å². The van der Waals surface area contributed by atoms with Crippen molar-refractivity contribution < 1.29 is 5.11 Å². The first kappa shape index (κ1) is 18.8. The lowest BCUT2D eigenvalue weighted by atomic mass is 9.52. The van der Waals surface area contributed by atoms with Crippen LogP contribution in [0.25, 0.3) is 10.9 Å². The summed E-state index contributed by atoms with van der Waals surface area (Å²) >= 11 is 0. The van der Waals surface area contributed by atoms with Crippen LogP contribution in [0.1, 0.15) is 41.6 Å². The molecule has 3 nitrogen and oxygen atoms in total. The molecule has 0 radical (unpaired) electrons. The second-order valence-electron chi connectivity index (χ2n) is 10.1. The predicted molar refractivity (Wildman–Crippen MR) is 123 cm³/mol. The number of aromatic hydroxyl groups is 1. The van der Waals surface area contributed by atoms with E-state index in [1.165, 1.54) is 66.5 Å². The van der Waals surface area contributed by atoms with Gasteiger partial charge in [-0.3, -0.25) is 4.90 Å². The molecule has 1 aromatic heterocycles. The van der Waals surface area contributed by atoms with Gasteiger partial charge in [-0.1, -0.05) is 24.3 Å². The summed E-state index contributed by atoms with van der Waals surface area (Å²) in [6, 6.07) is 15.7. The number of aromatic nitrogens is 1. The maximum absolute atomic E-state index is 10.3. The molecule has 3 atom stereocenters. The third kappa shape index (κ3) is 2.55. The van der Waals surface area contributed by atoms with E-state index in [2.05, 4.69) is 46.3 Å². The van der Waals surface area contributed by atoms with Gasteiger partial charge in [0, 0.05) is 34.6 Å². The normalized spacial score (nSPS) is 29.6. The minimum Gasteiger partial charge on any atom is -0.508 e. The number of phenolic OH excluding ortho intramolecular Hbond substituents is 1. The fourth-order valence-corrected chi connectivity index (χ4v) is 7.03. The van der Waals surface area contributed by atoms with Crippen LogP contribution in [0.2, 0.25) is 0 Å². The van der Waals surface area contributed by atoms with Crippen molar-refractivity contribution >= 4 is 23.3 Å². The molecular weight excluding hydrogens is 392 g/mol. The molecule has 0 spiro atoms. The lowest BCUT2D eigenvalue weighted by Crippen LogP contribution is -2.62. The number of benzene rings is 2. The molecule has 2 fully saturated rings. The number of H-pyrrole nitrogens is 1. The van der Waals surface area contributed by atoms with Crippen molar-refractivity contribution in [1.82, 2.24) is 9.88 Å². The van der Waals surface area contributed by atoms with Crippen molar-refractivity contribution in [2.24, 2.45) is 11.8 Å². The number of hydrogen-bond acceptors (Lipinski definition) is 2. The summed E-state index contributed by atoms with van der Waals surface area (Å²) in [4.78, 5) is 6.61. The van der Waals surface area contributed by atoms with Crippen LogP contribution in [-0.4, -0.2) is 34.1 Å². The van der Waals surface area contributed by atoms with Gasteiger partial charge in [-0.05, 0) is 91.8 Å². The molecule has 1 saturated heterocycles. The first-order chi connectivity index (χ1) is 14.2. The molecule has 3 aliphatic carbocycles.